The SMILES string of the molecule is CC(Nc1cccc(NC(=O)CO)c1)C(=O)Nc1cccc(F)c1. The zero-order valence-electron chi connectivity index (χ0n) is 13.0. The lowest BCUT2D eigenvalue weighted by Crippen LogP contribution is -2.31. The molecule has 2 aromatic rings. The molecule has 4 N–H and O–H groups in total. The molecule has 0 saturated carbocycles. The van der Waals surface area contributed by atoms with E-state index in [-0.39, 0.29) is 5.91 Å². The maximum Gasteiger partial charge on any atom is 0.250 e. The van der Waals surface area contributed by atoms with Crippen LogP contribution in [0, 0.1) is 5.82 Å². The summed E-state index contributed by atoms with van der Waals surface area (Å²) >= 11 is 0. The van der Waals surface area contributed by atoms with E-state index in [1.54, 1.807) is 37.3 Å². The van der Waals surface area contributed by atoms with E-state index in [2.05, 4.69) is 16.0 Å². The van der Waals surface area contributed by atoms with Gasteiger partial charge in [-0.2, -0.15) is 0 Å². The van der Waals surface area contributed by atoms with Crippen LogP contribution in [-0.2, 0) is 9.59 Å². The zero-order valence-corrected chi connectivity index (χ0v) is 13.0. The van der Waals surface area contributed by atoms with Gasteiger partial charge in [0, 0.05) is 17.1 Å². The third-order valence-electron chi connectivity index (χ3n) is 3.16. The second kappa shape index (κ2) is 8.07. The van der Waals surface area contributed by atoms with Crippen LogP contribution in [0.1, 0.15) is 6.92 Å². The number of anilines is 3. The standard InChI is InChI=1S/C17H18FN3O3/c1-11(17(24)21-13-5-2-4-12(18)8-13)19-14-6-3-7-15(9-14)20-16(23)10-22/h2-9,11,19,22H,10H2,1H3,(H,20,23)(H,21,24). The summed E-state index contributed by atoms with van der Waals surface area (Å²) in [5.74, 6) is -1.28. The van der Waals surface area contributed by atoms with E-state index in [1.165, 1.54) is 18.2 Å². The molecule has 0 aliphatic rings. The summed E-state index contributed by atoms with van der Waals surface area (Å²) in [7, 11) is 0. The second-order valence-electron chi connectivity index (χ2n) is 5.15. The third kappa shape index (κ3) is 5.06. The zero-order chi connectivity index (χ0) is 17.5. The number of hydrogen-bond acceptors (Lipinski definition) is 4. The van der Waals surface area contributed by atoms with Crippen molar-refractivity contribution in [2.75, 3.05) is 22.6 Å². The average molecular weight is 331 g/mol. The Morgan fingerprint density at radius 3 is 2.33 bits per heavy atom. The lowest BCUT2D eigenvalue weighted by Gasteiger charge is -2.16. The van der Waals surface area contributed by atoms with Gasteiger partial charge in [0.2, 0.25) is 11.8 Å². The molecule has 0 fully saturated rings. The summed E-state index contributed by atoms with van der Waals surface area (Å²) < 4.78 is 13.1. The van der Waals surface area contributed by atoms with Gasteiger partial charge >= 0.3 is 0 Å². The fraction of sp³-hybridized carbons (Fsp3) is 0.176. The van der Waals surface area contributed by atoms with Crippen molar-refractivity contribution >= 4 is 28.9 Å². The molecule has 0 aliphatic heterocycles. The van der Waals surface area contributed by atoms with Crippen molar-refractivity contribution in [3.05, 3.63) is 54.3 Å². The number of carbonyl (C=O) groups is 2. The van der Waals surface area contributed by atoms with Crippen LogP contribution in [0.25, 0.3) is 0 Å². The highest BCUT2D eigenvalue weighted by Crippen LogP contribution is 2.16. The van der Waals surface area contributed by atoms with E-state index >= 15 is 0 Å². The van der Waals surface area contributed by atoms with Crippen molar-refractivity contribution in [1.29, 1.82) is 0 Å². The van der Waals surface area contributed by atoms with E-state index in [4.69, 9.17) is 5.11 Å². The lowest BCUT2D eigenvalue weighted by atomic mass is 10.2. The minimum absolute atomic E-state index is 0.328. The number of benzene rings is 2. The van der Waals surface area contributed by atoms with Crippen molar-refractivity contribution < 1.29 is 19.1 Å². The molecule has 0 spiro atoms. The maximum absolute atomic E-state index is 13.1. The number of amides is 2. The molecule has 0 saturated heterocycles. The quantitative estimate of drug-likeness (QED) is 0.653. The minimum atomic E-state index is -0.607. The molecule has 0 aromatic heterocycles. The van der Waals surface area contributed by atoms with Crippen molar-refractivity contribution in [1.82, 2.24) is 0 Å². The summed E-state index contributed by atoms with van der Waals surface area (Å²) in [6.07, 6.45) is 0. The summed E-state index contributed by atoms with van der Waals surface area (Å²) in [6, 6.07) is 11.8. The third-order valence-corrected chi connectivity index (χ3v) is 3.16. The molecule has 0 radical (unpaired) electrons. The smallest absolute Gasteiger partial charge is 0.250 e. The monoisotopic (exact) mass is 331 g/mol. The van der Waals surface area contributed by atoms with E-state index in [0.29, 0.717) is 17.1 Å². The van der Waals surface area contributed by atoms with Crippen LogP contribution in [0.4, 0.5) is 21.5 Å². The molecule has 0 aliphatic carbocycles. The minimum Gasteiger partial charge on any atom is -0.387 e. The number of aliphatic hydroxyl groups excluding tert-OH is 1. The fourth-order valence-electron chi connectivity index (χ4n) is 2.02. The molecule has 0 bridgehead atoms. The van der Waals surface area contributed by atoms with Crippen LogP contribution in [-0.4, -0.2) is 29.6 Å². The van der Waals surface area contributed by atoms with Gasteiger partial charge in [-0.25, -0.2) is 4.39 Å². The number of hydrogen-bond donors (Lipinski definition) is 4. The molecule has 7 heteroatoms. The largest absolute Gasteiger partial charge is 0.387 e. The summed E-state index contributed by atoms with van der Waals surface area (Å²) in [5.41, 5.74) is 1.49. The predicted octanol–water partition coefficient (Wildman–Crippen LogP) is 2.20. The molecule has 6 nitrogen and oxygen atoms in total. The van der Waals surface area contributed by atoms with E-state index in [0.717, 1.165) is 0 Å². The first-order valence-electron chi connectivity index (χ1n) is 7.31. The molecular weight excluding hydrogens is 313 g/mol. The molecule has 1 unspecified atom stereocenters. The normalized spacial score (nSPS) is 11.5. The van der Waals surface area contributed by atoms with Crippen LogP contribution < -0.4 is 16.0 Å². The Balaban J connectivity index is 1.98. The van der Waals surface area contributed by atoms with E-state index < -0.39 is 24.4 Å². The van der Waals surface area contributed by atoms with Crippen LogP contribution in [0.15, 0.2) is 48.5 Å². The molecule has 1 atom stereocenters. The van der Waals surface area contributed by atoms with Crippen molar-refractivity contribution in [2.45, 2.75) is 13.0 Å². The van der Waals surface area contributed by atoms with Crippen LogP contribution in [0.2, 0.25) is 0 Å². The molecule has 0 heterocycles. The topological polar surface area (TPSA) is 90.5 Å². The van der Waals surface area contributed by atoms with Gasteiger partial charge in [0.15, 0.2) is 0 Å². The Morgan fingerprint density at radius 2 is 1.67 bits per heavy atom. The Morgan fingerprint density at radius 1 is 1.04 bits per heavy atom. The first-order valence-corrected chi connectivity index (χ1v) is 7.31. The Hall–Kier alpha value is -2.93. The van der Waals surface area contributed by atoms with Gasteiger partial charge in [0.25, 0.3) is 0 Å². The Labute approximate surface area is 138 Å². The summed E-state index contributed by atoms with van der Waals surface area (Å²) in [6.45, 7) is 1.05. The highest BCUT2D eigenvalue weighted by atomic mass is 19.1. The number of rotatable bonds is 6. The molecule has 2 amide bonds. The van der Waals surface area contributed by atoms with Gasteiger partial charge in [-0.15, -0.1) is 0 Å². The van der Waals surface area contributed by atoms with Gasteiger partial charge in [-0.1, -0.05) is 12.1 Å². The van der Waals surface area contributed by atoms with E-state index in [9.17, 15) is 14.0 Å². The second-order valence-corrected chi connectivity index (χ2v) is 5.15. The molecule has 24 heavy (non-hydrogen) atoms. The molecule has 2 rings (SSSR count). The first kappa shape index (κ1) is 17.4. The summed E-state index contributed by atoms with van der Waals surface area (Å²) in [5, 5.41) is 16.8. The maximum atomic E-state index is 13.1. The van der Waals surface area contributed by atoms with Gasteiger partial charge in [0.05, 0.1) is 0 Å². The Bertz CT molecular complexity index is 737. The van der Waals surface area contributed by atoms with Crippen molar-refractivity contribution in [2.24, 2.45) is 0 Å². The summed E-state index contributed by atoms with van der Waals surface area (Å²) in [4.78, 5) is 23.3. The molecular formula is C17H18FN3O3. The average Bonchev–Trinajstić information content (AvgIpc) is 2.55. The fourth-order valence-corrected chi connectivity index (χ4v) is 2.02. The highest BCUT2D eigenvalue weighted by molar-refractivity contribution is 5.96. The predicted molar refractivity (Wildman–Crippen MR) is 90.3 cm³/mol. The highest BCUT2D eigenvalue weighted by Gasteiger charge is 2.13. The van der Waals surface area contributed by atoms with Crippen LogP contribution in [0.5, 0.6) is 0 Å². The van der Waals surface area contributed by atoms with Gasteiger partial charge in [-0.3, -0.25) is 9.59 Å². The number of aliphatic hydroxyl groups is 1. The van der Waals surface area contributed by atoms with Crippen LogP contribution in [0.3, 0.4) is 0 Å². The Kier molecular flexibility index (Phi) is 5.86. The molecule has 2 aromatic carbocycles. The van der Waals surface area contributed by atoms with E-state index in [1.807, 2.05) is 0 Å². The number of halogens is 1. The van der Waals surface area contributed by atoms with Gasteiger partial charge in [0.1, 0.15) is 18.5 Å². The van der Waals surface area contributed by atoms with Gasteiger partial charge < -0.3 is 21.1 Å². The van der Waals surface area contributed by atoms with Gasteiger partial charge in [-0.05, 0) is 43.3 Å². The molecule has 126 valence electrons. The lowest BCUT2D eigenvalue weighted by molar-refractivity contribution is -0.119. The van der Waals surface area contributed by atoms with Crippen LogP contribution >= 0.6 is 0 Å². The van der Waals surface area contributed by atoms with Crippen molar-refractivity contribution in [3.63, 3.8) is 0 Å². The van der Waals surface area contributed by atoms with Crippen molar-refractivity contribution in [3.8, 4) is 0 Å². The number of nitrogens with one attached hydrogen (secondary N) is 3. The number of carbonyl (C=O) groups excluding carboxylic acids is 2. The first-order chi connectivity index (χ1) is 11.5.